The minimum atomic E-state index is -0.490. The minimum absolute atomic E-state index is 0.110. The summed E-state index contributed by atoms with van der Waals surface area (Å²) in [7, 11) is 1.32. The van der Waals surface area contributed by atoms with Crippen LogP contribution in [-0.4, -0.2) is 33.6 Å². The number of benzene rings is 1. The molecule has 0 saturated heterocycles. The van der Waals surface area contributed by atoms with Gasteiger partial charge in [-0.2, -0.15) is 5.10 Å². The number of amides is 1. The third-order valence-corrected chi connectivity index (χ3v) is 4.59. The number of carbonyl (C=O) groups is 2. The molecular weight excluding hydrogens is 372 g/mol. The summed E-state index contributed by atoms with van der Waals surface area (Å²) in [5.74, 6) is -0.335. The second-order valence-corrected chi connectivity index (χ2v) is 6.45. The number of aromatic nitrogens is 3. The largest absolute Gasteiger partial charge is 0.465 e. The number of hydrogen-bond acceptors (Lipinski definition) is 6. The van der Waals surface area contributed by atoms with Crippen molar-refractivity contribution in [1.82, 2.24) is 19.9 Å². The lowest BCUT2D eigenvalue weighted by Crippen LogP contribution is -2.22. The van der Waals surface area contributed by atoms with Crippen LogP contribution in [-0.2, 0) is 11.3 Å². The molecule has 29 heavy (non-hydrogen) atoms. The molecule has 0 aliphatic carbocycles. The number of esters is 1. The van der Waals surface area contributed by atoms with Crippen molar-refractivity contribution in [2.24, 2.45) is 0 Å². The quantitative estimate of drug-likeness (QED) is 0.526. The Morgan fingerprint density at radius 2 is 2.17 bits per heavy atom. The molecular formula is C21H18N4O4. The smallest absolute Gasteiger partial charge is 0.341 e. The van der Waals surface area contributed by atoms with Gasteiger partial charge in [-0.15, -0.1) is 0 Å². The van der Waals surface area contributed by atoms with Gasteiger partial charge < -0.3 is 14.5 Å². The molecule has 3 aromatic heterocycles. The third kappa shape index (κ3) is 3.14. The summed E-state index contributed by atoms with van der Waals surface area (Å²) in [6.07, 6.45) is 6.42. The van der Waals surface area contributed by atoms with E-state index in [0.29, 0.717) is 33.7 Å². The highest BCUT2D eigenvalue weighted by atomic mass is 16.5. The van der Waals surface area contributed by atoms with Crippen molar-refractivity contribution in [1.29, 1.82) is 0 Å². The first kappa shape index (κ1) is 18.4. The molecule has 3 heterocycles. The molecule has 0 radical (unpaired) electrons. The predicted octanol–water partition coefficient (Wildman–Crippen LogP) is 3.14. The van der Waals surface area contributed by atoms with Crippen LogP contribution in [0.5, 0.6) is 0 Å². The van der Waals surface area contributed by atoms with Crippen LogP contribution in [0.1, 0.15) is 37.6 Å². The van der Waals surface area contributed by atoms with E-state index in [4.69, 9.17) is 9.15 Å². The monoisotopic (exact) mass is 390 g/mol. The molecule has 8 heteroatoms. The van der Waals surface area contributed by atoms with Crippen LogP contribution in [0.15, 0.2) is 47.8 Å². The maximum atomic E-state index is 12.6. The lowest BCUT2D eigenvalue weighted by molar-refractivity contribution is 0.0601. The van der Waals surface area contributed by atoms with Gasteiger partial charge in [-0.3, -0.25) is 4.79 Å². The summed E-state index contributed by atoms with van der Waals surface area (Å²) < 4.78 is 12.3. The van der Waals surface area contributed by atoms with Crippen LogP contribution in [0.3, 0.4) is 0 Å². The molecule has 4 aromatic rings. The highest BCUT2D eigenvalue weighted by Crippen LogP contribution is 2.31. The van der Waals surface area contributed by atoms with Gasteiger partial charge in [-0.05, 0) is 30.7 Å². The molecule has 0 saturated carbocycles. The number of furan rings is 1. The Hall–Kier alpha value is -3.94. The maximum Gasteiger partial charge on any atom is 0.341 e. The van der Waals surface area contributed by atoms with Crippen molar-refractivity contribution in [2.75, 3.05) is 7.11 Å². The van der Waals surface area contributed by atoms with Crippen molar-refractivity contribution in [3.05, 3.63) is 71.4 Å². The lowest BCUT2D eigenvalue weighted by atomic mass is 10.0. The molecule has 0 fully saturated rings. The predicted molar refractivity (Wildman–Crippen MR) is 107 cm³/mol. The molecule has 0 aliphatic rings. The van der Waals surface area contributed by atoms with Crippen molar-refractivity contribution >= 4 is 34.6 Å². The normalized spacial score (nSPS) is 11.0. The fraction of sp³-hybridized carbons (Fsp3) is 0.143. The van der Waals surface area contributed by atoms with Crippen LogP contribution in [0.2, 0.25) is 0 Å². The average Bonchev–Trinajstić information content (AvgIpc) is 3.31. The average molecular weight is 390 g/mol. The number of nitrogens with zero attached hydrogens (tertiary/aromatic N) is 3. The third-order valence-electron chi connectivity index (χ3n) is 4.59. The first-order valence-corrected chi connectivity index (χ1v) is 8.86. The number of nitrogens with one attached hydrogen (secondary N) is 1. The van der Waals surface area contributed by atoms with Gasteiger partial charge in [0, 0.05) is 23.3 Å². The van der Waals surface area contributed by atoms with Crippen LogP contribution >= 0.6 is 0 Å². The Labute approximate surface area is 165 Å². The molecule has 146 valence electrons. The van der Waals surface area contributed by atoms with Crippen molar-refractivity contribution in [3.8, 4) is 0 Å². The summed E-state index contributed by atoms with van der Waals surface area (Å²) in [6, 6.07) is 5.34. The molecule has 0 bridgehead atoms. The molecule has 0 aliphatic heterocycles. The molecule has 1 N–H and O–H groups in total. The van der Waals surface area contributed by atoms with Gasteiger partial charge in [0.15, 0.2) is 5.65 Å². The fourth-order valence-corrected chi connectivity index (χ4v) is 3.27. The van der Waals surface area contributed by atoms with Crippen LogP contribution in [0.4, 0.5) is 0 Å². The molecule has 8 nitrogen and oxygen atoms in total. The Kier molecular flexibility index (Phi) is 4.59. The van der Waals surface area contributed by atoms with E-state index in [-0.39, 0.29) is 12.5 Å². The Morgan fingerprint density at radius 1 is 1.34 bits per heavy atom. The van der Waals surface area contributed by atoms with E-state index >= 15 is 0 Å². The SMILES string of the molecule is C=Cc1c(CNC(=O)c2cnn3cccnc23)oc2c(C(=O)OC)cc(C)cc12. The van der Waals surface area contributed by atoms with Gasteiger partial charge in [0.2, 0.25) is 0 Å². The molecule has 0 unspecified atom stereocenters. The lowest BCUT2D eigenvalue weighted by Gasteiger charge is -2.03. The highest BCUT2D eigenvalue weighted by Gasteiger charge is 2.21. The minimum Gasteiger partial charge on any atom is -0.465 e. The van der Waals surface area contributed by atoms with E-state index < -0.39 is 5.97 Å². The van der Waals surface area contributed by atoms with E-state index in [1.807, 2.05) is 13.0 Å². The highest BCUT2D eigenvalue weighted by molar-refractivity contribution is 6.05. The Balaban J connectivity index is 1.68. The second kappa shape index (κ2) is 7.23. The van der Waals surface area contributed by atoms with E-state index in [1.165, 1.54) is 17.8 Å². The molecule has 4 rings (SSSR count). The molecule has 1 aromatic carbocycles. The number of aryl methyl sites for hydroxylation is 1. The van der Waals surface area contributed by atoms with Crippen molar-refractivity contribution in [3.63, 3.8) is 0 Å². The van der Waals surface area contributed by atoms with E-state index in [2.05, 4.69) is 22.0 Å². The van der Waals surface area contributed by atoms with E-state index in [9.17, 15) is 9.59 Å². The zero-order valence-electron chi connectivity index (χ0n) is 15.9. The van der Waals surface area contributed by atoms with Crippen LogP contribution in [0, 0.1) is 6.92 Å². The van der Waals surface area contributed by atoms with Crippen molar-refractivity contribution < 1.29 is 18.7 Å². The van der Waals surface area contributed by atoms with Gasteiger partial charge in [0.05, 0.1) is 19.9 Å². The number of methoxy groups -OCH3 is 1. The van der Waals surface area contributed by atoms with Crippen molar-refractivity contribution in [2.45, 2.75) is 13.5 Å². The Bertz CT molecular complexity index is 1270. The number of fused-ring (bicyclic) bond motifs is 2. The zero-order chi connectivity index (χ0) is 20.5. The summed E-state index contributed by atoms with van der Waals surface area (Å²) in [6.45, 7) is 5.83. The van der Waals surface area contributed by atoms with Gasteiger partial charge in [0.1, 0.15) is 22.5 Å². The summed E-state index contributed by atoms with van der Waals surface area (Å²) >= 11 is 0. The standard InChI is InChI=1S/C21H18N4O4/c1-4-13-14-8-12(2)9-15(21(27)28-3)18(14)29-17(13)11-23-20(26)16-10-24-25-7-5-6-22-19(16)25/h4-10H,1,11H2,2-3H3,(H,23,26). The van der Waals surface area contributed by atoms with E-state index in [1.54, 1.807) is 30.6 Å². The Morgan fingerprint density at radius 3 is 2.93 bits per heavy atom. The topological polar surface area (TPSA) is 98.7 Å². The molecule has 1 amide bonds. The van der Waals surface area contributed by atoms with Crippen LogP contribution in [0.25, 0.3) is 22.7 Å². The molecule has 0 spiro atoms. The summed E-state index contributed by atoms with van der Waals surface area (Å²) in [5, 5.41) is 7.67. The number of carbonyl (C=O) groups excluding carboxylic acids is 2. The van der Waals surface area contributed by atoms with Crippen LogP contribution < -0.4 is 5.32 Å². The first-order chi connectivity index (χ1) is 14.0. The summed E-state index contributed by atoms with van der Waals surface area (Å²) in [5.41, 5.74) is 3.14. The van der Waals surface area contributed by atoms with Gasteiger partial charge in [0.25, 0.3) is 5.91 Å². The summed E-state index contributed by atoms with van der Waals surface area (Å²) in [4.78, 5) is 29.0. The second-order valence-electron chi connectivity index (χ2n) is 6.45. The van der Waals surface area contributed by atoms with E-state index in [0.717, 1.165) is 10.9 Å². The maximum absolute atomic E-state index is 12.6. The first-order valence-electron chi connectivity index (χ1n) is 8.86. The van der Waals surface area contributed by atoms with Gasteiger partial charge in [-0.25, -0.2) is 14.3 Å². The number of rotatable bonds is 5. The van der Waals surface area contributed by atoms with Gasteiger partial charge in [-0.1, -0.05) is 12.7 Å². The number of hydrogen-bond donors (Lipinski definition) is 1. The zero-order valence-corrected chi connectivity index (χ0v) is 15.9. The fourth-order valence-electron chi connectivity index (χ4n) is 3.27. The number of ether oxygens (including phenoxy) is 1. The van der Waals surface area contributed by atoms with Gasteiger partial charge >= 0.3 is 5.97 Å². The molecule has 0 atom stereocenters.